The van der Waals surface area contributed by atoms with E-state index in [-0.39, 0.29) is 23.4 Å². The number of sulfonamides is 1. The Kier molecular flexibility index (Phi) is 4.20. The van der Waals surface area contributed by atoms with Crippen molar-refractivity contribution in [2.45, 2.75) is 30.3 Å². The van der Waals surface area contributed by atoms with Gasteiger partial charge in [-0.05, 0) is 24.5 Å². The highest BCUT2D eigenvalue weighted by atomic mass is 32.2. The molecule has 138 valence electrons. The third-order valence-corrected chi connectivity index (χ3v) is 5.91. The molecule has 8 nitrogen and oxygen atoms in total. The molecular formula is C17H21N5O3S. The smallest absolute Gasteiger partial charge is 0.244 e. The van der Waals surface area contributed by atoms with Crippen molar-refractivity contribution >= 4 is 21.6 Å². The largest absolute Gasteiger partial charge is 0.366 e. The second-order valence-corrected chi connectivity index (χ2v) is 8.35. The summed E-state index contributed by atoms with van der Waals surface area (Å²) in [5, 5.41) is 9.02. The summed E-state index contributed by atoms with van der Waals surface area (Å²) in [4.78, 5) is 16.9. The number of carbonyl (C=O) groups is 1. The Hall–Kier alpha value is -2.39. The highest BCUT2D eigenvalue weighted by Crippen LogP contribution is 2.33. The zero-order valence-corrected chi connectivity index (χ0v) is 15.1. The topological polar surface area (TPSA) is 102 Å². The lowest BCUT2D eigenvalue weighted by Gasteiger charge is -2.27. The van der Waals surface area contributed by atoms with Crippen LogP contribution >= 0.6 is 0 Å². The number of rotatable bonds is 3. The van der Waals surface area contributed by atoms with E-state index in [4.69, 9.17) is 5.14 Å². The molecule has 0 spiro atoms. The van der Waals surface area contributed by atoms with Crippen LogP contribution in [0.2, 0.25) is 0 Å². The molecule has 1 aromatic carbocycles. The zero-order valence-electron chi connectivity index (χ0n) is 14.3. The molecule has 2 aliphatic heterocycles. The van der Waals surface area contributed by atoms with Gasteiger partial charge in [0.05, 0.1) is 12.2 Å². The normalized spacial score (nSPS) is 19.8. The number of para-hydroxylation sites is 1. The van der Waals surface area contributed by atoms with E-state index < -0.39 is 10.0 Å². The van der Waals surface area contributed by atoms with Gasteiger partial charge in [0.15, 0.2) is 0 Å². The standard InChI is InChI=1S/C17H21N5O3S/c18-26(24,25)15-9-19-21(11-15)12-17(23)20-6-3-7-22-14(10-20)8-13-4-1-2-5-16(13)22/h1-2,4-5,9,11,14H,3,6-8,10,12H2,(H2,18,24,25)/t14-/m0/s1. The maximum Gasteiger partial charge on any atom is 0.244 e. The molecule has 2 N–H and O–H groups in total. The molecule has 0 radical (unpaired) electrons. The first kappa shape index (κ1) is 17.0. The van der Waals surface area contributed by atoms with Gasteiger partial charge in [-0.25, -0.2) is 13.6 Å². The van der Waals surface area contributed by atoms with Crippen molar-refractivity contribution in [3.8, 4) is 0 Å². The van der Waals surface area contributed by atoms with Crippen molar-refractivity contribution in [3.05, 3.63) is 42.2 Å². The highest BCUT2D eigenvalue weighted by molar-refractivity contribution is 7.89. The molecule has 2 aliphatic rings. The lowest BCUT2D eigenvalue weighted by Crippen LogP contribution is -2.42. The molecule has 3 heterocycles. The Morgan fingerprint density at radius 1 is 1.27 bits per heavy atom. The summed E-state index contributed by atoms with van der Waals surface area (Å²) in [5.41, 5.74) is 2.60. The van der Waals surface area contributed by atoms with Crippen LogP contribution in [0.5, 0.6) is 0 Å². The maximum absolute atomic E-state index is 12.7. The van der Waals surface area contributed by atoms with E-state index in [1.54, 1.807) is 0 Å². The summed E-state index contributed by atoms with van der Waals surface area (Å²) >= 11 is 0. The minimum absolute atomic E-state index is 0.00912. The Balaban J connectivity index is 1.46. The van der Waals surface area contributed by atoms with E-state index in [1.165, 1.54) is 28.3 Å². The molecule has 1 atom stereocenters. The number of benzene rings is 1. The summed E-state index contributed by atoms with van der Waals surface area (Å²) in [5.74, 6) is -0.0631. The van der Waals surface area contributed by atoms with Gasteiger partial charge in [-0.15, -0.1) is 0 Å². The summed E-state index contributed by atoms with van der Waals surface area (Å²) in [6.45, 7) is 2.30. The van der Waals surface area contributed by atoms with E-state index in [0.29, 0.717) is 13.1 Å². The molecular weight excluding hydrogens is 354 g/mol. The van der Waals surface area contributed by atoms with Crippen LogP contribution in [-0.4, -0.2) is 54.7 Å². The number of amides is 1. The second kappa shape index (κ2) is 6.40. The Morgan fingerprint density at radius 3 is 2.85 bits per heavy atom. The molecule has 1 saturated heterocycles. The summed E-state index contributed by atoms with van der Waals surface area (Å²) in [6.07, 6.45) is 4.30. The number of anilines is 1. The molecule has 1 fully saturated rings. The van der Waals surface area contributed by atoms with Crippen LogP contribution in [0.3, 0.4) is 0 Å². The van der Waals surface area contributed by atoms with E-state index in [0.717, 1.165) is 19.4 Å². The van der Waals surface area contributed by atoms with Gasteiger partial charge in [0, 0.05) is 31.5 Å². The minimum Gasteiger partial charge on any atom is -0.366 e. The summed E-state index contributed by atoms with van der Waals surface area (Å²) in [7, 11) is -3.81. The minimum atomic E-state index is -3.81. The van der Waals surface area contributed by atoms with Crippen LogP contribution in [0.4, 0.5) is 5.69 Å². The molecule has 1 amide bonds. The first-order valence-electron chi connectivity index (χ1n) is 8.59. The number of fused-ring (bicyclic) bond motifs is 3. The zero-order chi connectivity index (χ0) is 18.3. The Labute approximate surface area is 152 Å². The Morgan fingerprint density at radius 2 is 2.08 bits per heavy atom. The van der Waals surface area contributed by atoms with E-state index in [1.807, 2.05) is 4.90 Å². The van der Waals surface area contributed by atoms with Crippen LogP contribution in [0.1, 0.15) is 12.0 Å². The fourth-order valence-corrected chi connectivity index (χ4v) is 4.27. The van der Waals surface area contributed by atoms with E-state index >= 15 is 0 Å². The highest BCUT2D eigenvalue weighted by Gasteiger charge is 2.33. The number of nitrogens with two attached hydrogens (primary N) is 1. The molecule has 2 aromatic rings. The molecule has 26 heavy (non-hydrogen) atoms. The van der Waals surface area contributed by atoms with Gasteiger partial charge < -0.3 is 9.80 Å². The van der Waals surface area contributed by atoms with E-state index in [9.17, 15) is 13.2 Å². The second-order valence-electron chi connectivity index (χ2n) is 6.79. The molecule has 0 aliphatic carbocycles. The Bertz CT molecular complexity index is 939. The third-order valence-electron chi connectivity index (χ3n) is 5.04. The van der Waals surface area contributed by atoms with Gasteiger partial charge in [-0.1, -0.05) is 18.2 Å². The van der Waals surface area contributed by atoms with Crippen LogP contribution in [0, 0.1) is 0 Å². The summed E-state index contributed by atoms with van der Waals surface area (Å²) in [6, 6.07) is 8.68. The fourth-order valence-electron chi connectivity index (χ4n) is 3.81. The maximum atomic E-state index is 12.7. The van der Waals surface area contributed by atoms with Gasteiger partial charge in [-0.3, -0.25) is 9.48 Å². The quantitative estimate of drug-likeness (QED) is 0.825. The lowest BCUT2D eigenvalue weighted by atomic mass is 10.1. The van der Waals surface area contributed by atoms with Crippen molar-refractivity contribution in [3.63, 3.8) is 0 Å². The number of carbonyl (C=O) groups excluding carboxylic acids is 1. The van der Waals surface area contributed by atoms with Gasteiger partial charge in [-0.2, -0.15) is 5.10 Å². The molecule has 0 saturated carbocycles. The number of hydrogen-bond acceptors (Lipinski definition) is 5. The number of nitrogens with zero attached hydrogens (tertiary/aromatic N) is 4. The molecule has 0 bridgehead atoms. The molecule has 0 unspecified atom stereocenters. The van der Waals surface area contributed by atoms with Crippen molar-refractivity contribution < 1.29 is 13.2 Å². The van der Waals surface area contributed by atoms with Gasteiger partial charge in [0.2, 0.25) is 15.9 Å². The summed E-state index contributed by atoms with van der Waals surface area (Å²) < 4.78 is 24.0. The van der Waals surface area contributed by atoms with Gasteiger partial charge in [0.1, 0.15) is 11.4 Å². The predicted molar refractivity (Wildman–Crippen MR) is 96.1 cm³/mol. The van der Waals surface area contributed by atoms with Crippen molar-refractivity contribution in [2.24, 2.45) is 5.14 Å². The predicted octanol–water partition coefficient (Wildman–Crippen LogP) is 0.194. The van der Waals surface area contributed by atoms with Crippen LogP contribution in [0.15, 0.2) is 41.6 Å². The number of primary sulfonamides is 1. The first-order chi connectivity index (χ1) is 12.4. The average Bonchev–Trinajstić information content (AvgIpc) is 3.13. The first-order valence-corrected chi connectivity index (χ1v) is 10.1. The van der Waals surface area contributed by atoms with Crippen LogP contribution in [0.25, 0.3) is 0 Å². The van der Waals surface area contributed by atoms with Crippen molar-refractivity contribution in [1.29, 1.82) is 0 Å². The number of aromatic nitrogens is 2. The molecule has 1 aromatic heterocycles. The SMILES string of the molecule is NS(=O)(=O)c1cnn(CC(=O)N2CCCN3c4ccccc4C[C@H]3C2)c1. The van der Waals surface area contributed by atoms with Gasteiger partial charge in [0.25, 0.3) is 0 Å². The van der Waals surface area contributed by atoms with Crippen LogP contribution in [-0.2, 0) is 27.8 Å². The number of hydrogen-bond donors (Lipinski definition) is 1. The lowest BCUT2D eigenvalue weighted by molar-refractivity contribution is -0.132. The van der Waals surface area contributed by atoms with Crippen molar-refractivity contribution in [2.75, 3.05) is 24.5 Å². The average molecular weight is 375 g/mol. The third kappa shape index (κ3) is 3.19. The molecule has 9 heteroatoms. The molecule has 4 rings (SSSR count). The van der Waals surface area contributed by atoms with Crippen LogP contribution < -0.4 is 10.0 Å². The van der Waals surface area contributed by atoms with E-state index in [2.05, 4.69) is 34.3 Å². The monoisotopic (exact) mass is 375 g/mol. The fraction of sp³-hybridized carbons (Fsp3) is 0.412. The van der Waals surface area contributed by atoms with Crippen molar-refractivity contribution in [1.82, 2.24) is 14.7 Å². The van der Waals surface area contributed by atoms with Gasteiger partial charge >= 0.3 is 0 Å².